The van der Waals surface area contributed by atoms with E-state index < -0.39 is 17.9 Å². The number of benzene rings is 2. The molecule has 29 heavy (non-hydrogen) atoms. The first-order chi connectivity index (χ1) is 13.8. The van der Waals surface area contributed by atoms with Crippen LogP contribution >= 0.6 is 11.6 Å². The quantitative estimate of drug-likeness (QED) is 0.603. The summed E-state index contributed by atoms with van der Waals surface area (Å²) in [5, 5.41) is 3.13. The number of nitrogens with one attached hydrogen (secondary N) is 3. The van der Waals surface area contributed by atoms with Crippen molar-refractivity contribution in [1.29, 1.82) is 0 Å². The van der Waals surface area contributed by atoms with Crippen LogP contribution in [0.1, 0.15) is 49.2 Å². The highest BCUT2D eigenvalue weighted by atomic mass is 35.5. The van der Waals surface area contributed by atoms with Crippen molar-refractivity contribution < 1.29 is 19.1 Å². The smallest absolute Gasteiger partial charge is 0.269 e. The molecule has 0 aliphatic heterocycles. The molecule has 154 valence electrons. The van der Waals surface area contributed by atoms with Crippen LogP contribution < -0.4 is 20.9 Å². The van der Waals surface area contributed by atoms with Crippen LogP contribution in [0.2, 0.25) is 5.02 Å². The standard InChI is InChI=1S/C21H24ClN3O4/c1-13(2)29-16-10-8-15(9-11-16)21(28)25-24-20(27)12-19(23-14(3)26)17-6-4-5-7-18(17)22/h4-11,13,19H,12H2,1-3H3,(H,23,26)(H,24,27)(H,25,28). The Kier molecular flexibility index (Phi) is 8.03. The molecule has 0 aliphatic carbocycles. The molecule has 3 amide bonds. The van der Waals surface area contributed by atoms with Gasteiger partial charge < -0.3 is 10.1 Å². The summed E-state index contributed by atoms with van der Waals surface area (Å²) in [4.78, 5) is 36.0. The van der Waals surface area contributed by atoms with E-state index in [1.165, 1.54) is 6.92 Å². The predicted molar refractivity (Wildman–Crippen MR) is 110 cm³/mol. The number of carbonyl (C=O) groups is 3. The summed E-state index contributed by atoms with van der Waals surface area (Å²) in [5.41, 5.74) is 5.70. The number of ether oxygens (including phenoxy) is 1. The minimum Gasteiger partial charge on any atom is -0.491 e. The van der Waals surface area contributed by atoms with Gasteiger partial charge in [0.2, 0.25) is 11.8 Å². The summed E-state index contributed by atoms with van der Waals surface area (Å²) in [7, 11) is 0. The van der Waals surface area contributed by atoms with Crippen molar-refractivity contribution in [2.75, 3.05) is 0 Å². The largest absolute Gasteiger partial charge is 0.491 e. The summed E-state index contributed by atoms with van der Waals surface area (Å²) in [6, 6.07) is 12.9. The van der Waals surface area contributed by atoms with Gasteiger partial charge in [0, 0.05) is 17.5 Å². The second kappa shape index (κ2) is 10.5. The van der Waals surface area contributed by atoms with E-state index in [2.05, 4.69) is 16.2 Å². The Bertz CT molecular complexity index is 868. The molecule has 7 nitrogen and oxygen atoms in total. The molecule has 0 heterocycles. The zero-order valence-electron chi connectivity index (χ0n) is 16.5. The van der Waals surface area contributed by atoms with E-state index in [0.717, 1.165) is 0 Å². The number of rotatable bonds is 7. The minimum atomic E-state index is -0.620. The molecule has 0 radical (unpaired) electrons. The SMILES string of the molecule is CC(=O)NC(CC(=O)NNC(=O)c1ccc(OC(C)C)cc1)c1ccccc1Cl. The number of halogens is 1. The van der Waals surface area contributed by atoms with Gasteiger partial charge in [-0.15, -0.1) is 0 Å². The molecular formula is C21H24ClN3O4. The van der Waals surface area contributed by atoms with Crippen molar-refractivity contribution in [2.45, 2.75) is 39.3 Å². The second-order valence-corrected chi connectivity index (χ2v) is 7.08. The molecule has 1 unspecified atom stereocenters. The van der Waals surface area contributed by atoms with Gasteiger partial charge >= 0.3 is 0 Å². The molecule has 0 saturated carbocycles. The molecule has 0 spiro atoms. The Labute approximate surface area is 174 Å². The van der Waals surface area contributed by atoms with Gasteiger partial charge in [-0.2, -0.15) is 0 Å². The van der Waals surface area contributed by atoms with E-state index in [1.54, 1.807) is 48.5 Å². The highest BCUT2D eigenvalue weighted by Crippen LogP contribution is 2.25. The molecule has 0 bridgehead atoms. The molecule has 1 atom stereocenters. The van der Waals surface area contributed by atoms with Crippen molar-refractivity contribution in [2.24, 2.45) is 0 Å². The fourth-order valence-electron chi connectivity index (χ4n) is 2.63. The molecule has 0 aliphatic rings. The van der Waals surface area contributed by atoms with E-state index in [-0.39, 0.29) is 18.4 Å². The van der Waals surface area contributed by atoms with Gasteiger partial charge in [0.15, 0.2) is 0 Å². The first kappa shape index (κ1) is 22.2. The maximum absolute atomic E-state index is 12.3. The van der Waals surface area contributed by atoms with Crippen LogP contribution in [0, 0.1) is 0 Å². The van der Waals surface area contributed by atoms with Crippen molar-refractivity contribution in [3.05, 3.63) is 64.7 Å². The van der Waals surface area contributed by atoms with Crippen LogP contribution in [-0.2, 0) is 9.59 Å². The fourth-order valence-corrected chi connectivity index (χ4v) is 2.90. The maximum atomic E-state index is 12.3. The molecule has 0 aromatic heterocycles. The Morgan fingerprint density at radius 3 is 2.24 bits per heavy atom. The first-order valence-electron chi connectivity index (χ1n) is 9.13. The normalized spacial score (nSPS) is 11.5. The molecule has 2 aromatic carbocycles. The lowest BCUT2D eigenvalue weighted by molar-refractivity contribution is -0.123. The molecule has 3 N–H and O–H groups in total. The molecule has 2 rings (SSSR count). The molecular weight excluding hydrogens is 394 g/mol. The van der Waals surface area contributed by atoms with E-state index in [9.17, 15) is 14.4 Å². The summed E-state index contributed by atoms with van der Waals surface area (Å²) in [6.45, 7) is 5.18. The number of hydrazine groups is 1. The highest BCUT2D eigenvalue weighted by Gasteiger charge is 2.20. The highest BCUT2D eigenvalue weighted by molar-refractivity contribution is 6.31. The zero-order valence-corrected chi connectivity index (χ0v) is 17.2. The molecule has 0 saturated heterocycles. The first-order valence-corrected chi connectivity index (χ1v) is 9.51. The summed E-state index contributed by atoms with van der Waals surface area (Å²) >= 11 is 6.17. The van der Waals surface area contributed by atoms with Crippen LogP contribution in [0.3, 0.4) is 0 Å². The lowest BCUT2D eigenvalue weighted by Gasteiger charge is -2.19. The van der Waals surface area contributed by atoms with Crippen molar-refractivity contribution in [3.8, 4) is 5.75 Å². The van der Waals surface area contributed by atoms with Crippen LogP contribution in [0.15, 0.2) is 48.5 Å². The van der Waals surface area contributed by atoms with Crippen LogP contribution in [0.25, 0.3) is 0 Å². The third-order valence-electron chi connectivity index (χ3n) is 3.85. The van der Waals surface area contributed by atoms with Crippen LogP contribution in [-0.4, -0.2) is 23.8 Å². The fraction of sp³-hybridized carbons (Fsp3) is 0.286. The van der Waals surface area contributed by atoms with E-state index >= 15 is 0 Å². The van der Waals surface area contributed by atoms with Gasteiger partial charge in [-0.25, -0.2) is 0 Å². The summed E-state index contributed by atoms with van der Waals surface area (Å²) < 4.78 is 5.53. The summed E-state index contributed by atoms with van der Waals surface area (Å²) in [6.07, 6.45) is -0.0614. The Balaban J connectivity index is 1.95. The number of hydrogen-bond acceptors (Lipinski definition) is 4. The average Bonchev–Trinajstić information content (AvgIpc) is 2.66. The average molecular weight is 418 g/mol. The molecule has 2 aromatic rings. The third-order valence-corrected chi connectivity index (χ3v) is 4.20. The summed E-state index contributed by atoms with van der Waals surface area (Å²) in [5.74, 6) is -0.589. The van der Waals surface area contributed by atoms with E-state index in [1.807, 2.05) is 13.8 Å². The van der Waals surface area contributed by atoms with E-state index in [0.29, 0.717) is 21.9 Å². The second-order valence-electron chi connectivity index (χ2n) is 6.67. The van der Waals surface area contributed by atoms with Crippen molar-refractivity contribution >= 4 is 29.3 Å². The Morgan fingerprint density at radius 1 is 1.00 bits per heavy atom. The minimum absolute atomic E-state index is 0.0311. The van der Waals surface area contributed by atoms with Crippen LogP contribution in [0.4, 0.5) is 0 Å². The Hall–Kier alpha value is -3.06. The third kappa shape index (κ3) is 7.12. The van der Waals surface area contributed by atoms with Crippen molar-refractivity contribution in [1.82, 2.24) is 16.2 Å². The van der Waals surface area contributed by atoms with Gasteiger partial charge in [0.05, 0.1) is 18.6 Å². The Morgan fingerprint density at radius 2 is 1.66 bits per heavy atom. The van der Waals surface area contributed by atoms with Gasteiger partial charge in [-0.3, -0.25) is 25.2 Å². The van der Waals surface area contributed by atoms with Crippen LogP contribution in [0.5, 0.6) is 5.75 Å². The lowest BCUT2D eigenvalue weighted by atomic mass is 10.0. The number of carbonyl (C=O) groups excluding carboxylic acids is 3. The molecule has 0 fully saturated rings. The maximum Gasteiger partial charge on any atom is 0.269 e. The zero-order chi connectivity index (χ0) is 21.4. The van der Waals surface area contributed by atoms with Gasteiger partial charge in [-0.05, 0) is 49.7 Å². The topological polar surface area (TPSA) is 96.5 Å². The monoisotopic (exact) mass is 417 g/mol. The predicted octanol–water partition coefficient (Wildman–Crippen LogP) is 3.16. The number of hydrogen-bond donors (Lipinski definition) is 3. The van der Waals surface area contributed by atoms with Gasteiger partial charge in [0.1, 0.15) is 5.75 Å². The van der Waals surface area contributed by atoms with E-state index in [4.69, 9.17) is 16.3 Å². The lowest BCUT2D eigenvalue weighted by Crippen LogP contribution is -2.43. The molecule has 8 heteroatoms. The van der Waals surface area contributed by atoms with Gasteiger partial charge in [-0.1, -0.05) is 29.8 Å². The van der Waals surface area contributed by atoms with Gasteiger partial charge in [0.25, 0.3) is 5.91 Å². The van der Waals surface area contributed by atoms with Crippen molar-refractivity contribution in [3.63, 3.8) is 0 Å². The number of amides is 3.